The lowest BCUT2D eigenvalue weighted by atomic mass is 9.95. The zero-order chi connectivity index (χ0) is 13.7. The second-order valence-electron chi connectivity index (χ2n) is 5.04. The van der Waals surface area contributed by atoms with E-state index in [0.717, 1.165) is 25.7 Å². The Hall–Kier alpha value is -1.83. The molecule has 0 atom stereocenters. The number of aryl methyl sites for hydroxylation is 2. The monoisotopic (exact) mass is 256 g/mol. The Kier molecular flexibility index (Phi) is 4.56. The molecule has 0 radical (unpaired) electrons. The molecular formula is C17H20O2. The highest BCUT2D eigenvalue weighted by Crippen LogP contribution is 2.24. The van der Waals surface area contributed by atoms with Crippen LogP contribution in [0.3, 0.4) is 0 Å². The van der Waals surface area contributed by atoms with Gasteiger partial charge in [0.2, 0.25) is 0 Å². The van der Waals surface area contributed by atoms with Crippen LogP contribution in [0.2, 0.25) is 0 Å². The van der Waals surface area contributed by atoms with Gasteiger partial charge in [0, 0.05) is 6.42 Å². The highest BCUT2D eigenvalue weighted by molar-refractivity contribution is 5.86. The first-order chi connectivity index (χ1) is 9.18. The van der Waals surface area contributed by atoms with Gasteiger partial charge in [0.15, 0.2) is 0 Å². The fraction of sp³-hybridized carbons (Fsp3) is 0.353. The minimum Gasteiger partial charge on any atom is -0.481 e. The lowest BCUT2D eigenvalue weighted by Crippen LogP contribution is -1.95. The highest BCUT2D eigenvalue weighted by atomic mass is 16.4. The number of carboxylic acid groups (broad SMARTS) is 1. The van der Waals surface area contributed by atoms with Gasteiger partial charge in [0.1, 0.15) is 0 Å². The van der Waals surface area contributed by atoms with Crippen LogP contribution in [0.4, 0.5) is 0 Å². The molecule has 2 heteroatoms. The summed E-state index contributed by atoms with van der Waals surface area (Å²) in [6.07, 6.45) is 4.14. The van der Waals surface area contributed by atoms with Gasteiger partial charge in [-0.05, 0) is 48.1 Å². The third-order valence-electron chi connectivity index (χ3n) is 3.59. The predicted molar refractivity (Wildman–Crippen MR) is 78.5 cm³/mol. The summed E-state index contributed by atoms with van der Waals surface area (Å²) in [6, 6.07) is 12.8. The zero-order valence-corrected chi connectivity index (χ0v) is 11.4. The van der Waals surface area contributed by atoms with Gasteiger partial charge in [-0.25, -0.2) is 0 Å². The maximum Gasteiger partial charge on any atom is 0.303 e. The number of hydrogen-bond donors (Lipinski definition) is 1. The van der Waals surface area contributed by atoms with Crippen molar-refractivity contribution in [3.8, 4) is 0 Å². The van der Waals surface area contributed by atoms with E-state index in [1.807, 2.05) is 0 Å². The molecule has 2 rings (SSSR count). The molecule has 0 aliphatic carbocycles. The van der Waals surface area contributed by atoms with Gasteiger partial charge < -0.3 is 5.11 Å². The molecule has 0 saturated carbocycles. The van der Waals surface area contributed by atoms with E-state index in [-0.39, 0.29) is 6.42 Å². The Morgan fingerprint density at radius 3 is 2.63 bits per heavy atom. The molecule has 100 valence electrons. The second-order valence-corrected chi connectivity index (χ2v) is 5.04. The van der Waals surface area contributed by atoms with Gasteiger partial charge in [0.25, 0.3) is 0 Å². The van der Waals surface area contributed by atoms with Crippen LogP contribution in [0, 0.1) is 6.92 Å². The molecule has 1 N–H and O–H groups in total. The number of carbonyl (C=O) groups is 1. The predicted octanol–water partition coefficient (Wildman–Crippen LogP) is 4.34. The van der Waals surface area contributed by atoms with Gasteiger partial charge in [-0.15, -0.1) is 0 Å². The van der Waals surface area contributed by atoms with Crippen LogP contribution in [0.15, 0.2) is 36.4 Å². The highest BCUT2D eigenvalue weighted by Gasteiger charge is 2.04. The van der Waals surface area contributed by atoms with Crippen LogP contribution in [-0.2, 0) is 11.2 Å². The summed E-state index contributed by atoms with van der Waals surface area (Å²) in [5.41, 5.74) is 2.74. The summed E-state index contributed by atoms with van der Waals surface area (Å²) >= 11 is 0. The SMILES string of the molecule is Cc1ccc2ccccc2c1CCCCCC(=O)O. The fourth-order valence-corrected chi connectivity index (χ4v) is 2.53. The van der Waals surface area contributed by atoms with Gasteiger partial charge in [-0.3, -0.25) is 4.79 Å². The lowest BCUT2D eigenvalue weighted by molar-refractivity contribution is -0.137. The summed E-state index contributed by atoms with van der Waals surface area (Å²) < 4.78 is 0. The van der Waals surface area contributed by atoms with E-state index in [9.17, 15) is 4.79 Å². The summed E-state index contributed by atoms with van der Waals surface area (Å²) in [5.74, 6) is -0.693. The molecule has 0 amide bonds. The number of hydrogen-bond acceptors (Lipinski definition) is 1. The molecule has 2 nitrogen and oxygen atoms in total. The van der Waals surface area contributed by atoms with Gasteiger partial charge in [-0.1, -0.05) is 42.8 Å². The van der Waals surface area contributed by atoms with Crippen LogP contribution in [-0.4, -0.2) is 11.1 Å². The van der Waals surface area contributed by atoms with Crippen LogP contribution in [0.1, 0.15) is 36.8 Å². The smallest absolute Gasteiger partial charge is 0.303 e. The summed E-state index contributed by atoms with van der Waals surface area (Å²) in [7, 11) is 0. The molecule has 0 aliphatic rings. The number of fused-ring (bicyclic) bond motifs is 1. The largest absolute Gasteiger partial charge is 0.481 e. The van der Waals surface area contributed by atoms with Crippen molar-refractivity contribution in [2.45, 2.75) is 39.0 Å². The van der Waals surface area contributed by atoms with Crippen LogP contribution in [0.5, 0.6) is 0 Å². The third-order valence-corrected chi connectivity index (χ3v) is 3.59. The molecule has 19 heavy (non-hydrogen) atoms. The number of aliphatic carboxylic acids is 1. The Morgan fingerprint density at radius 1 is 1.05 bits per heavy atom. The number of benzene rings is 2. The number of carboxylic acids is 1. The summed E-state index contributed by atoms with van der Waals surface area (Å²) in [4.78, 5) is 10.5. The quantitative estimate of drug-likeness (QED) is 0.781. The van der Waals surface area contributed by atoms with Crippen LogP contribution >= 0.6 is 0 Å². The molecule has 0 aliphatic heterocycles. The summed E-state index contributed by atoms with van der Waals surface area (Å²) in [6.45, 7) is 2.15. The van der Waals surface area contributed by atoms with E-state index >= 15 is 0 Å². The van der Waals surface area contributed by atoms with E-state index < -0.39 is 5.97 Å². The van der Waals surface area contributed by atoms with Gasteiger partial charge in [-0.2, -0.15) is 0 Å². The minimum atomic E-state index is -0.693. The molecule has 0 bridgehead atoms. The van der Waals surface area contributed by atoms with Crippen molar-refractivity contribution in [2.75, 3.05) is 0 Å². The normalized spacial score (nSPS) is 10.8. The average Bonchev–Trinajstić information content (AvgIpc) is 2.40. The van der Waals surface area contributed by atoms with Crippen molar-refractivity contribution < 1.29 is 9.90 Å². The first-order valence-electron chi connectivity index (χ1n) is 6.87. The summed E-state index contributed by atoms with van der Waals surface area (Å²) in [5, 5.41) is 11.2. The van der Waals surface area contributed by atoms with Crippen LogP contribution < -0.4 is 0 Å². The van der Waals surface area contributed by atoms with E-state index in [2.05, 4.69) is 43.3 Å². The Morgan fingerprint density at radius 2 is 1.84 bits per heavy atom. The van der Waals surface area contributed by atoms with Crippen LogP contribution in [0.25, 0.3) is 10.8 Å². The minimum absolute atomic E-state index is 0.286. The maximum atomic E-state index is 10.5. The lowest BCUT2D eigenvalue weighted by Gasteiger charge is -2.10. The zero-order valence-electron chi connectivity index (χ0n) is 11.4. The first kappa shape index (κ1) is 13.6. The average molecular weight is 256 g/mol. The van der Waals surface area contributed by atoms with Crippen molar-refractivity contribution in [1.29, 1.82) is 0 Å². The first-order valence-corrected chi connectivity index (χ1v) is 6.87. The molecular weight excluding hydrogens is 236 g/mol. The van der Waals surface area contributed by atoms with E-state index in [0.29, 0.717) is 0 Å². The molecule has 0 aromatic heterocycles. The third kappa shape index (κ3) is 3.57. The van der Waals surface area contributed by atoms with Crippen molar-refractivity contribution in [3.05, 3.63) is 47.5 Å². The Balaban J connectivity index is 2.03. The molecule has 2 aromatic carbocycles. The van der Waals surface area contributed by atoms with E-state index in [1.54, 1.807) is 0 Å². The van der Waals surface area contributed by atoms with Gasteiger partial charge in [0.05, 0.1) is 0 Å². The molecule has 2 aromatic rings. The fourth-order valence-electron chi connectivity index (χ4n) is 2.53. The molecule has 0 unspecified atom stereocenters. The maximum absolute atomic E-state index is 10.5. The van der Waals surface area contributed by atoms with Crippen molar-refractivity contribution in [3.63, 3.8) is 0 Å². The molecule has 0 fully saturated rings. The standard InChI is InChI=1S/C17H20O2/c1-13-11-12-14-7-5-6-9-16(14)15(13)8-3-2-4-10-17(18)19/h5-7,9,11-12H,2-4,8,10H2,1H3,(H,18,19). The number of rotatable bonds is 6. The Bertz CT molecular complexity index is 572. The number of unbranched alkanes of at least 4 members (excludes halogenated alkanes) is 2. The molecule has 0 heterocycles. The van der Waals surface area contributed by atoms with E-state index in [4.69, 9.17) is 5.11 Å². The van der Waals surface area contributed by atoms with Crippen molar-refractivity contribution in [1.82, 2.24) is 0 Å². The van der Waals surface area contributed by atoms with Crippen molar-refractivity contribution in [2.24, 2.45) is 0 Å². The second kappa shape index (κ2) is 6.37. The Labute approximate surface area is 114 Å². The van der Waals surface area contributed by atoms with Crippen molar-refractivity contribution >= 4 is 16.7 Å². The molecule has 0 spiro atoms. The topological polar surface area (TPSA) is 37.3 Å². The van der Waals surface area contributed by atoms with E-state index in [1.165, 1.54) is 21.9 Å². The van der Waals surface area contributed by atoms with Gasteiger partial charge >= 0.3 is 5.97 Å². The molecule has 0 saturated heterocycles.